The number of nitrogens with zero attached hydrogens (tertiary/aromatic N) is 2. The van der Waals surface area contributed by atoms with Crippen LogP contribution in [0.5, 0.6) is 0 Å². The molecule has 1 aliphatic heterocycles. The van der Waals surface area contributed by atoms with Crippen molar-refractivity contribution in [2.45, 2.75) is 19.3 Å². The van der Waals surface area contributed by atoms with Gasteiger partial charge in [-0.1, -0.05) is 12.2 Å². The number of nitriles is 1. The minimum atomic E-state index is 0.710. The lowest BCUT2D eigenvalue weighted by molar-refractivity contribution is 0.344. The van der Waals surface area contributed by atoms with E-state index in [1.807, 2.05) is 0 Å². The average Bonchev–Trinajstić information content (AvgIpc) is 2.50. The highest BCUT2D eigenvalue weighted by atomic mass is 15.1. The van der Waals surface area contributed by atoms with E-state index in [-0.39, 0.29) is 0 Å². The Hall–Kier alpha value is -0.810. The highest BCUT2D eigenvalue weighted by molar-refractivity contribution is 4.94. The fourth-order valence-electron chi connectivity index (χ4n) is 1.24. The molecule has 1 heterocycles. The maximum atomic E-state index is 8.28. The molecule has 0 saturated carbocycles. The summed E-state index contributed by atoms with van der Waals surface area (Å²) < 4.78 is 0. The maximum Gasteiger partial charge on any atom is 0.0621 e. The fourth-order valence-corrected chi connectivity index (χ4v) is 1.24. The van der Waals surface area contributed by atoms with Gasteiger partial charge in [-0.2, -0.15) is 5.26 Å². The molecule has 60 valence electrons. The second-order valence-electron chi connectivity index (χ2n) is 2.85. The lowest BCUT2D eigenvalue weighted by Crippen LogP contribution is -2.20. The van der Waals surface area contributed by atoms with Crippen LogP contribution in [0.15, 0.2) is 12.2 Å². The molecule has 0 fully saturated rings. The highest BCUT2D eigenvalue weighted by Crippen LogP contribution is 2.02. The summed E-state index contributed by atoms with van der Waals surface area (Å²) in [5.41, 5.74) is 0. The molecule has 2 heteroatoms. The lowest BCUT2D eigenvalue weighted by atomic mass is 10.2. The van der Waals surface area contributed by atoms with Crippen molar-refractivity contribution in [3.63, 3.8) is 0 Å². The van der Waals surface area contributed by atoms with Crippen molar-refractivity contribution in [1.29, 1.82) is 5.26 Å². The van der Waals surface area contributed by atoms with E-state index in [4.69, 9.17) is 5.26 Å². The zero-order valence-electron chi connectivity index (χ0n) is 6.79. The van der Waals surface area contributed by atoms with Gasteiger partial charge in [0.05, 0.1) is 6.07 Å². The predicted octanol–water partition coefficient (Wildman–Crippen LogP) is 1.55. The van der Waals surface area contributed by atoms with Gasteiger partial charge in [-0.05, 0) is 19.4 Å². The van der Waals surface area contributed by atoms with E-state index in [2.05, 4.69) is 23.1 Å². The average molecular weight is 150 g/mol. The summed E-state index contributed by atoms with van der Waals surface area (Å²) in [7, 11) is 0. The molecule has 0 spiro atoms. The van der Waals surface area contributed by atoms with Crippen LogP contribution in [0, 0.1) is 11.3 Å². The molecule has 1 rings (SSSR count). The third-order valence-electron chi connectivity index (χ3n) is 1.91. The highest BCUT2D eigenvalue weighted by Gasteiger charge is 2.03. The molecule has 0 unspecified atom stereocenters. The van der Waals surface area contributed by atoms with Crippen LogP contribution in [-0.2, 0) is 0 Å². The quantitative estimate of drug-likeness (QED) is 0.449. The Kier molecular flexibility index (Phi) is 3.71. The van der Waals surface area contributed by atoms with Crippen LogP contribution in [0.3, 0.4) is 0 Å². The summed E-state index contributed by atoms with van der Waals surface area (Å²) in [6.07, 6.45) is 7.32. The second kappa shape index (κ2) is 4.92. The van der Waals surface area contributed by atoms with Gasteiger partial charge in [-0.25, -0.2) is 0 Å². The molecule has 1 aliphatic rings. The summed E-state index contributed by atoms with van der Waals surface area (Å²) >= 11 is 0. The van der Waals surface area contributed by atoms with Crippen molar-refractivity contribution < 1.29 is 0 Å². The molecule has 2 nitrogen and oxygen atoms in total. The Bertz CT molecular complexity index is 159. The van der Waals surface area contributed by atoms with Gasteiger partial charge in [0.15, 0.2) is 0 Å². The van der Waals surface area contributed by atoms with E-state index in [1.165, 1.54) is 0 Å². The van der Waals surface area contributed by atoms with Crippen molar-refractivity contribution in [1.82, 2.24) is 4.90 Å². The van der Waals surface area contributed by atoms with Crippen molar-refractivity contribution in [2.75, 3.05) is 19.6 Å². The van der Waals surface area contributed by atoms with E-state index >= 15 is 0 Å². The zero-order chi connectivity index (χ0) is 7.94. The van der Waals surface area contributed by atoms with Crippen molar-refractivity contribution in [3.8, 4) is 6.07 Å². The third kappa shape index (κ3) is 3.20. The van der Waals surface area contributed by atoms with Crippen LogP contribution in [0.1, 0.15) is 19.3 Å². The molecule has 0 aliphatic carbocycles. The molecule has 0 atom stereocenters. The summed E-state index contributed by atoms with van der Waals surface area (Å²) in [5, 5.41) is 8.28. The molecule has 11 heavy (non-hydrogen) atoms. The van der Waals surface area contributed by atoms with E-state index in [1.54, 1.807) is 0 Å². The van der Waals surface area contributed by atoms with Crippen LogP contribution >= 0.6 is 0 Å². The van der Waals surface area contributed by atoms with Crippen LogP contribution in [-0.4, -0.2) is 24.5 Å². The van der Waals surface area contributed by atoms with Crippen molar-refractivity contribution >= 4 is 0 Å². The number of rotatable bonds is 4. The largest absolute Gasteiger partial charge is 0.296 e. The molecule has 0 radical (unpaired) electrons. The van der Waals surface area contributed by atoms with Gasteiger partial charge in [0.25, 0.3) is 0 Å². The number of hydrogen-bond donors (Lipinski definition) is 0. The van der Waals surface area contributed by atoms with Gasteiger partial charge >= 0.3 is 0 Å². The van der Waals surface area contributed by atoms with E-state index in [0.717, 1.165) is 32.5 Å². The van der Waals surface area contributed by atoms with Gasteiger partial charge in [0, 0.05) is 19.5 Å². The molecular weight excluding hydrogens is 136 g/mol. The first-order valence-electron chi connectivity index (χ1n) is 4.18. The molecule has 0 aromatic carbocycles. The topological polar surface area (TPSA) is 27.0 Å². The number of unbranched alkanes of at least 4 members (excludes halogenated alkanes) is 2. The molecule has 0 bridgehead atoms. The Labute approximate surface area is 68.1 Å². The third-order valence-corrected chi connectivity index (χ3v) is 1.91. The van der Waals surface area contributed by atoms with Crippen LogP contribution in [0.25, 0.3) is 0 Å². The molecule has 0 saturated heterocycles. The Morgan fingerprint density at radius 1 is 1.27 bits per heavy atom. The van der Waals surface area contributed by atoms with Gasteiger partial charge in [-0.3, -0.25) is 4.90 Å². The van der Waals surface area contributed by atoms with Crippen LogP contribution < -0.4 is 0 Å². The number of hydrogen-bond acceptors (Lipinski definition) is 2. The predicted molar refractivity (Wildman–Crippen MR) is 45.0 cm³/mol. The van der Waals surface area contributed by atoms with Gasteiger partial charge < -0.3 is 0 Å². The summed E-state index contributed by atoms with van der Waals surface area (Å²) in [4.78, 5) is 2.39. The smallest absolute Gasteiger partial charge is 0.0621 e. The first-order valence-corrected chi connectivity index (χ1v) is 4.18. The SMILES string of the molecule is N#CCCCCN1CC=CC1. The monoisotopic (exact) mass is 150 g/mol. The minimum Gasteiger partial charge on any atom is -0.296 e. The standard InChI is InChI=1S/C9H14N2/c10-6-2-1-3-7-11-8-4-5-9-11/h4-5H,1-3,7-9H2. The molecule has 0 aromatic heterocycles. The summed E-state index contributed by atoms with van der Waals surface area (Å²) in [6, 6.07) is 2.16. The first-order chi connectivity index (χ1) is 5.43. The van der Waals surface area contributed by atoms with Crippen LogP contribution in [0.4, 0.5) is 0 Å². The van der Waals surface area contributed by atoms with Crippen molar-refractivity contribution in [3.05, 3.63) is 12.2 Å². The van der Waals surface area contributed by atoms with E-state index in [9.17, 15) is 0 Å². The first kappa shape index (κ1) is 8.29. The maximum absolute atomic E-state index is 8.28. The molecular formula is C9H14N2. The van der Waals surface area contributed by atoms with Gasteiger partial charge in [-0.15, -0.1) is 0 Å². The summed E-state index contributed by atoms with van der Waals surface area (Å²) in [6.45, 7) is 3.35. The lowest BCUT2D eigenvalue weighted by Gasteiger charge is -2.12. The van der Waals surface area contributed by atoms with Crippen LogP contribution in [0.2, 0.25) is 0 Å². The Balaban J connectivity index is 1.92. The zero-order valence-corrected chi connectivity index (χ0v) is 6.79. The normalized spacial score (nSPS) is 17.0. The van der Waals surface area contributed by atoms with Crippen molar-refractivity contribution in [2.24, 2.45) is 0 Å². The molecule has 0 N–H and O–H groups in total. The Morgan fingerprint density at radius 3 is 2.64 bits per heavy atom. The van der Waals surface area contributed by atoms with Gasteiger partial charge in [0.1, 0.15) is 0 Å². The van der Waals surface area contributed by atoms with E-state index in [0.29, 0.717) is 6.42 Å². The molecule has 0 amide bonds. The fraction of sp³-hybridized carbons (Fsp3) is 0.667. The minimum absolute atomic E-state index is 0.710. The molecule has 0 aromatic rings. The van der Waals surface area contributed by atoms with E-state index < -0.39 is 0 Å². The second-order valence-corrected chi connectivity index (χ2v) is 2.85. The van der Waals surface area contributed by atoms with Gasteiger partial charge in [0.2, 0.25) is 0 Å². The summed E-state index contributed by atoms with van der Waals surface area (Å²) in [5.74, 6) is 0. The Morgan fingerprint density at radius 2 is 2.00 bits per heavy atom.